The van der Waals surface area contributed by atoms with Crippen LogP contribution in [0.5, 0.6) is 11.5 Å². The second-order valence-electron chi connectivity index (χ2n) is 5.72. The molecule has 1 aliphatic heterocycles. The first-order valence-electron chi connectivity index (χ1n) is 7.67. The molecule has 4 aromatic rings. The Hall–Kier alpha value is -2.62. The first-order chi connectivity index (χ1) is 12.2. The van der Waals surface area contributed by atoms with Gasteiger partial charge in [0.1, 0.15) is 5.82 Å². The summed E-state index contributed by atoms with van der Waals surface area (Å²) in [4.78, 5) is 9.14. The van der Waals surface area contributed by atoms with Crippen LogP contribution in [0.25, 0.3) is 16.6 Å². The summed E-state index contributed by atoms with van der Waals surface area (Å²) in [7, 11) is 0. The van der Waals surface area contributed by atoms with Gasteiger partial charge in [-0.2, -0.15) is 9.50 Å². The highest BCUT2D eigenvalue weighted by Gasteiger charge is 2.19. The molecule has 2 aromatic heterocycles. The zero-order chi connectivity index (χ0) is 17.0. The van der Waals surface area contributed by atoms with Crippen LogP contribution < -0.4 is 15.2 Å². The lowest BCUT2D eigenvalue weighted by atomic mass is 10.1. The minimum absolute atomic E-state index is 0.236. The molecule has 5 rings (SSSR count). The van der Waals surface area contributed by atoms with Crippen molar-refractivity contribution < 1.29 is 9.47 Å². The summed E-state index contributed by atoms with van der Waals surface area (Å²) in [6.07, 6.45) is 0.582. The summed E-state index contributed by atoms with van der Waals surface area (Å²) in [5, 5.41) is 5.25. The third-order valence-electron chi connectivity index (χ3n) is 4.15. The van der Waals surface area contributed by atoms with Crippen molar-refractivity contribution in [3.63, 3.8) is 0 Å². The molecule has 0 saturated carbocycles. The number of hydrogen-bond donors (Lipinski definition) is 1. The number of halogens is 1. The summed E-state index contributed by atoms with van der Waals surface area (Å²) in [6, 6.07) is 11.8. The molecule has 0 aliphatic carbocycles. The largest absolute Gasteiger partial charge is 0.454 e. The number of ether oxygens (including phenoxy) is 2. The highest BCUT2D eigenvalue weighted by molar-refractivity contribution is 14.1. The number of nitrogen functional groups attached to an aromatic ring is 1. The minimum atomic E-state index is 0.236. The van der Waals surface area contributed by atoms with Gasteiger partial charge in [0, 0.05) is 15.4 Å². The highest BCUT2D eigenvalue weighted by atomic mass is 127. The van der Waals surface area contributed by atoms with Crippen molar-refractivity contribution >= 4 is 45.1 Å². The van der Waals surface area contributed by atoms with Gasteiger partial charge in [0.15, 0.2) is 17.1 Å². The second kappa shape index (κ2) is 5.45. The lowest BCUT2D eigenvalue weighted by Crippen LogP contribution is -2.06. The zero-order valence-electron chi connectivity index (χ0n) is 12.9. The lowest BCUT2D eigenvalue weighted by Gasteiger charge is -2.09. The Bertz CT molecular complexity index is 1140. The minimum Gasteiger partial charge on any atom is -0.454 e. The third kappa shape index (κ3) is 2.36. The Morgan fingerprint density at radius 3 is 2.80 bits per heavy atom. The van der Waals surface area contributed by atoms with E-state index in [1.807, 2.05) is 36.4 Å². The van der Waals surface area contributed by atoms with Gasteiger partial charge in [0.05, 0.1) is 5.52 Å². The van der Waals surface area contributed by atoms with Crippen molar-refractivity contribution in [2.75, 3.05) is 12.5 Å². The monoisotopic (exact) mass is 445 g/mol. The van der Waals surface area contributed by atoms with Crippen LogP contribution in [0.15, 0.2) is 36.4 Å². The number of para-hydroxylation sites is 1. The molecule has 1 aliphatic rings. The van der Waals surface area contributed by atoms with Crippen molar-refractivity contribution in [3.05, 3.63) is 51.4 Å². The molecule has 8 heteroatoms. The van der Waals surface area contributed by atoms with E-state index in [4.69, 9.17) is 20.2 Å². The predicted octanol–water partition coefficient (Wildman–Crippen LogP) is 2.78. The van der Waals surface area contributed by atoms with E-state index in [1.165, 1.54) is 0 Å². The molecule has 0 spiro atoms. The van der Waals surface area contributed by atoms with Gasteiger partial charge >= 0.3 is 0 Å². The number of anilines is 1. The lowest BCUT2D eigenvalue weighted by molar-refractivity contribution is 0.174. The van der Waals surface area contributed by atoms with E-state index in [2.05, 4.69) is 32.7 Å². The molecule has 25 heavy (non-hydrogen) atoms. The molecular formula is C17H12IN5O2. The molecule has 2 N–H and O–H groups in total. The van der Waals surface area contributed by atoms with Gasteiger partial charge in [0.2, 0.25) is 12.7 Å². The van der Waals surface area contributed by atoms with Crippen molar-refractivity contribution in [1.82, 2.24) is 19.6 Å². The van der Waals surface area contributed by atoms with Crippen LogP contribution in [0.1, 0.15) is 11.4 Å². The smallest absolute Gasteiger partial charge is 0.240 e. The number of aromatic nitrogens is 4. The summed E-state index contributed by atoms with van der Waals surface area (Å²) in [5.41, 5.74) is 8.51. The van der Waals surface area contributed by atoms with Gasteiger partial charge in [-0.05, 0) is 52.4 Å². The molecule has 0 unspecified atom stereocenters. The number of nitrogens with zero attached hydrogens (tertiary/aromatic N) is 4. The predicted molar refractivity (Wildman–Crippen MR) is 101 cm³/mol. The van der Waals surface area contributed by atoms with Crippen LogP contribution in [0, 0.1) is 3.57 Å². The van der Waals surface area contributed by atoms with Crippen LogP contribution in [-0.4, -0.2) is 26.4 Å². The molecule has 7 nitrogen and oxygen atoms in total. The number of nitrogens with two attached hydrogens (primary N) is 1. The Kier molecular flexibility index (Phi) is 3.20. The van der Waals surface area contributed by atoms with E-state index < -0.39 is 0 Å². The SMILES string of the molecule is Nc1nc2c3ccccc3nc(Cc3cc4c(cc3I)OCO4)n2n1. The van der Waals surface area contributed by atoms with Gasteiger partial charge in [-0.25, -0.2) is 4.98 Å². The maximum atomic E-state index is 5.84. The molecule has 0 amide bonds. The van der Waals surface area contributed by atoms with Crippen LogP contribution in [0.3, 0.4) is 0 Å². The van der Waals surface area contributed by atoms with Gasteiger partial charge in [0.25, 0.3) is 0 Å². The van der Waals surface area contributed by atoms with Crippen LogP contribution in [0.4, 0.5) is 5.95 Å². The van der Waals surface area contributed by atoms with Gasteiger partial charge < -0.3 is 15.2 Å². The van der Waals surface area contributed by atoms with Gasteiger partial charge in [-0.1, -0.05) is 12.1 Å². The summed E-state index contributed by atoms with van der Waals surface area (Å²) in [5.74, 6) is 2.54. The van der Waals surface area contributed by atoms with Crippen molar-refractivity contribution in [3.8, 4) is 11.5 Å². The molecule has 0 atom stereocenters. The van der Waals surface area contributed by atoms with Crippen LogP contribution >= 0.6 is 22.6 Å². The Morgan fingerprint density at radius 2 is 1.92 bits per heavy atom. The van der Waals surface area contributed by atoms with Crippen molar-refractivity contribution in [1.29, 1.82) is 0 Å². The quantitative estimate of drug-likeness (QED) is 0.478. The van der Waals surface area contributed by atoms with Crippen LogP contribution in [0.2, 0.25) is 0 Å². The molecule has 0 saturated heterocycles. The molecule has 0 radical (unpaired) electrons. The van der Waals surface area contributed by atoms with E-state index in [9.17, 15) is 0 Å². The number of fused-ring (bicyclic) bond motifs is 4. The van der Waals surface area contributed by atoms with Gasteiger partial charge in [-0.3, -0.25) is 0 Å². The Labute approximate surface area is 155 Å². The number of rotatable bonds is 2. The molecule has 0 fully saturated rings. The topological polar surface area (TPSA) is 87.6 Å². The van der Waals surface area contributed by atoms with Crippen LogP contribution in [-0.2, 0) is 6.42 Å². The Morgan fingerprint density at radius 1 is 1.12 bits per heavy atom. The average Bonchev–Trinajstić information content (AvgIpc) is 3.21. The average molecular weight is 445 g/mol. The van der Waals surface area contributed by atoms with E-state index in [-0.39, 0.29) is 12.7 Å². The molecule has 0 bridgehead atoms. The number of benzene rings is 2. The fourth-order valence-corrected chi connectivity index (χ4v) is 3.64. The van der Waals surface area contributed by atoms with Crippen molar-refractivity contribution in [2.24, 2.45) is 0 Å². The summed E-state index contributed by atoms with van der Waals surface area (Å²) >= 11 is 2.29. The maximum absolute atomic E-state index is 5.84. The molecule has 124 valence electrons. The Balaban J connectivity index is 1.70. The van der Waals surface area contributed by atoms with E-state index >= 15 is 0 Å². The fourth-order valence-electron chi connectivity index (χ4n) is 3.01. The van der Waals surface area contributed by atoms with E-state index in [0.717, 1.165) is 37.4 Å². The summed E-state index contributed by atoms with van der Waals surface area (Å²) < 4.78 is 13.7. The first-order valence-corrected chi connectivity index (χ1v) is 8.75. The first kappa shape index (κ1) is 14.7. The van der Waals surface area contributed by atoms with Gasteiger partial charge in [-0.15, -0.1) is 5.10 Å². The van der Waals surface area contributed by atoms with E-state index in [1.54, 1.807) is 4.52 Å². The maximum Gasteiger partial charge on any atom is 0.240 e. The molecule has 3 heterocycles. The zero-order valence-corrected chi connectivity index (χ0v) is 15.1. The molecular weight excluding hydrogens is 433 g/mol. The highest BCUT2D eigenvalue weighted by Crippen LogP contribution is 2.36. The fraction of sp³-hybridized carbons (Fsp3) is 0.118. The summed E-state index contributed by atoms with van der Waals surface area (Å²) in [6.45, 7) is 0.257. The third-order valence-corrected chi connectivity index (χ3v) is 5.16. The van der Waals surface area contributed by atoms with Crippen molar-refractivity contribution in [2.45, 2.75) is 6.42 Å². The molecule has 2 aromatic carbocycles. The standard InChI is InChI=1S/C17H12IN5O2/c18-11-7-14-13(24-8-25-14)5-9(11)6-15-20-12-4-2-1-3-10(12)16-21-17(19)22-23(15)16/h1-5,7H,6,8H2,(H2,19,22). The second-order valence-corrected chi connectivity index (χ2v) is 6.89. The van der Waals surface area contributed by atoms with E-state index in [0.29, 0.717) is 12.1 Å². The number of hydrogen-bond acceptors (Lipinski definition) is 6. The normalized spacial score (nSPS) is 13.0.